The third kappa shape index (κ3) is 3.14. The number of ether oxygens (including phenoxy) is 1. The number of nitrogens with zero attached hydrogens (tertiary/aromatic N) is 1. The highest BCUT2D eigenvalue weighted by Gasteiger charge is 2.16. The van der Waals surface area contributed by atoms with Crippen molar-refractivity contribution >= 4 is 28.4 Å². The molecule has 108 valence electrons. The van der Waals surface area contributed by atoms with Crippen molar-refractivity contribution in [1.29, 1.82) is 0 Å². The Kier molecular flexibility index (Phi) is 5.04. The number of hydrogen-bond donors (Lipinski definition) is 1. The first-order valence-corrected chi connectivity index (χ1v) is 7.04. The lowest BCUT2D eigenvalue weighted by Crippen LogP contribution is -2.31. The molecule has 0 fully saturated rings. The highest BCUT2D eigenvalue weighted by molar-refractivity contribution is 6.35. The van der Waals surface area contributed by atoms with Crippen molar-refractivity contribution in [3.63, 3.8) is 0 Å². The van der Waals surface area contributed by atoms with E-state index in [1.165, 1.54) is 0 Å². The van der Waals surface area contributed by atoms with E-state index in [-0.39, 0.29) is 11.9 Å². The number of halogens is 1. The van der Waals surface area contributed by atoms with Gasteiger partial charge in [-0.05, 0) is 31.5 Å². The lowest BCUT2D eigenvalue weighted by atomic mass is 10.2. The van der Waals surface area contributed by atoms with E-state index >= 15 is 0 Å². The highest BCUT2D eigenvalue weighted by Crippen LogP contribution is 2.26. The smallest absolute Gasteiger partial charge is 0.242 e. The summed E-state index contributed by atoms with van der Waals surface area (Å²) in [5.74, 6) is -0.00132. The van der Waals surface area contributed by atoms with E-state index in [0.29, 0.717) is 18.2 Å². The van der Waals surface area contributed by atoms with Crippen LogP contribution in [0.5, 0.6) is 0 Å². The molecule has 0 saturated carbocycles. The number of rotatable bonds is 6. The average Bonchev–Trinajstić information content (AvgIpc) is 2.88. The van der Waals surface area contributed by atoms with E-state index in [1.807, 2.05) is 42.0 Å². The van der Waals surface area contributed by atoms with Crippen molar-refractivity contribution in [2.24, 2.45) is 0 Å². The average molecular weight is 295 g/mol. The highest BCUT2D eigenvalue weighted by atomic mass is 35.5. The van der Waals surface area contributed by atoms with E-state index in [2.05, 4.69) is 5.32 Å². The molecule has 0 saturated heterocycles. The number of benzene rings is 1. The van der Waals surface area contributed by atoms with Crippen LogP contribution < -0.4 is 5.32 Å². The molecule has 2 aromatic rings. The van der Waals surface area contributed by atoms with E-state index in [0.717, 1.165) is 17.3 Å². The van der Waals surface area contributed by atoms with Crippen LogP contribution >= 0.6 is 11.6 Å². The number of carbonyl (C=O) groups is 1. The van der Waals surface area contributed by atoms with Gasteiger partial charge in [0.2, 0.25) is 5.91 Å². The monoisotopic (exact) mass is 294 g/mol. The van der Waals surface area contributed by atoms with Gasteiger partial charge in [0.15, 0.2) is 0 Å². The summed E-state index contributed by atoms with van der Waals surface area (Å²) in [5, 5.41) is 4.58. The number of hydrogen-bond acceptors (Lipinski definition) is 2. The van der Waals surface area contributed by atoms with Crippen LogP contribution in [0.25, 0.3) is 10.9 Å². The number of amides is 1. The van der Waals surface area contributed by atoms with E-state index in [9.17, 15) is 4.79 Å². The van der Waals surface area contributed by atoms with Gasteiger partial charge < -0.3 is 14.6 Å². The standard InChI is InChI=1S/C15H19ClN2O2/c1-11(15(19)17-8-4-10-20-2)18-9-7-12-13(16)5-3-6-14(12)18/h3,5-7,9,11H,4,8,10H2,1-2H3,(H,17,19). The molecule has 0 aliphatic carbocycles. The molecule has 0 bridgehead atoms. The van der Waals surface area contributed by atoms with E-state index in [1.54, 1.807) is 7.11 Å². The molecule has 4 nitrogen and oxygen atoms in total. The first-order chi connectivity index (χ1) is 9.65. The Morgan fingerprint density at radius 3 is 3.00 bits per heavy atom. The minimum absolute atomic E-state index is 0.00132. The molecule has 20 heavy (non-hydrogen) atoms. The Morgan fingerprint density at radius 1 is 1.45 bits per heavy atom. The third-order valence-electron chi connectivity index (χ3n) is 3.33. The van der Waals surface area contributed by atoms with Gasteiger partial charge in [0.1, 0.15) is 6.04 Å². The molecule has 5 heteroatoms. The van der Waals surface area contributed by atoms with Crippen LogP contribution in [-0.2, 0) is 9.53 Å². The number of aromatic nitrogens is 1. The van der Waals surface area contributed by atoms with Crippen LogP contribution in [0.4, 0.5) is 0 Å². The van der Waals surface area contributed by atoms with Gasteiger partial charge in [-0.2, -0.15) is 0 Å². The van der Waals surface area contributed by atoms with Crippen molar-refractivity contribution < 1.29 is 9.53 Å². The zero-order valence-corrected chi connectivity index (χ0v) is 12.5. The fourth-order valence-electron chi connectivity index (χ4n) is 2.19. The molecule has 0 spiro atoms. The quantitative estimate of drug-likeness (QED) is 0.832. The van der Waals surface area contributed by atoms with Gasteiger partial charge in [0, 0.05) is 36.9 Å². The fraction of sp³-hybridized carbons (Fsp3) is 0.400. The van der Waals surface area contributed by atoms with Crippen molar-refractivity contribution in [2.45, 2.75) is 19.4 Å². The summed E-state index contributed by atoms with van der Waals surface area (Å²) in [6, 6.07) is 7.38. The van der Waals surface area contributed by atoms with Gasteiger partial charge in [-0.3, -0.25) is 4.79 Å². The molecule has 1 aromatic carbocycles. The Labute approximate surface area is 123 Å². The molecule has 2 rings (SSSR count). The first kappa shape index (κ1) is 14.9. The predicted octanol–water partition coefficient (Wildman–Crippen LogP) is 3.01. The summed E-state index contributed by atoms with van der Waals surface area (Å²) >= 11 is 6.15. The summed E-state index contributed by atoms with van der Waals surface area (Å²) in [6.07, 6.45) is 2.71. The minimum Gasteiger partial charge on any atom is -0.385 e. The summed E-state index contributed by atoms with van der Waals surface area (Å²) in [7, 11) is 1.65. The molecule has 1 amide bonds. The van der Waals surface area contributed by atoms with E-state index in [4.69, 9.17) is 16.3 Å². The van der Waals surface area contributed by atoms with Gasteiger partial charge in [0.25, 0.3) is 0 Å². The Balaban J connectivity index is 2.09. The second-order valence-corrected chi connectivity index (χ2v) is 5.12. The van der Waals surface area contributed by atoms with Crippen LogP contribution in [-0.4, -0.2) is 30.7 Å². The van der Waals surface area contributed by atoms with Crippen LogP contribution in [0.1, 0.15) is 19.4 Å². The minimum atomic E-state index is -0.270. The third-order valence-corrected chi connectivity index (χ3v) is 3.66. The molecule has 1 atom stereocenters. The number of carbonyl (C=O) groups excluding carboxylic acids is 1. The van der Waals surface area contributed by atoms with Crippen molar-refractivity contribution in [1.82, 2.24) is 9.88 Å². The summed E-state index contributed by atoms with van der Waals surface area (Å²) in [4.78, 5) is 12.1. The van der Waals surface area contributed by atoms with Gasteiger partial charge in [-0.25, -0.2) is 0 Å². The van der Waals surface area contributed by atoms with Crippen LogP contribution in [0, 0.1) is 0 Å². The predicted molar refractivity (Wildman–Crippen MR) is 81.2 cm³/mol. The molecule has 0 radical (unpaired) electrons. The van der Waals surface area contributed by atoms with Gasteiger partial charge >= 0.3 is 0 Å². The molecule has 0 aliphatic heterocycles. The van der Waals surface area contributed by atoms with Crippen LogP contribution in [0.2, 0.25) is 5.02 Å². The molecule has 1 heterocycles. The second-order valence-electron chi connectivity index (χ2n) is 4.71. The fourth-order valence-corrected chi connectivity index (χ4v) is 2.42. The van der Waals surface area contributed by atoms with Gasteiger partial charge in [-0.15, -0.1) is 0 Å². The number of methoxy groups -OCH3 is 1. The second kappa shape index (κ2) is 6.77. The van der Waals surface area contributed by atoms with Gasteiger partial charge in [-0.1, -0.05) is 17.7 Å². The summed E-state index contributed by atoms with van der Waals surface area (Å²) < 4.78 is 6.89. The Hall–Kier alpha value is -1.52. The van der Waals surface area contributed by atoms with E-state index < -0.39 is 0 Å². The Morgan fingerprint density at radius 2 is 2.25 bits per heavy atom. The SMILES string of the molecule is COCCCNC(=O)C(C)n1ccc2c(Cl)cccc21. The maximum atomic E-state index is 12.1. The maximum Gasteiger partial charge on any atom is 0.242 e. The number of nitrogens with one attached hydrogen (secondary N) is 1. The lowest BCUT2D eigenvalue weighted by molar-refractivity contribution is -0.123. The van der Waals surface area contributed by atoms with Crippen molar-refractivity contribution in [3.8, 4) is 0 Å². The molecule has 1 unspecified atom stereocenters. The van der Waals surface area contributed by atoms with Crippen LogP contribution in [0.3, 0.4) is 0 Å². The largest absolute Gasteiger partial charge is 0.385 e. The van der Waals surface area contributed by atoms with Crippen molar-refractivity contribution in [2.75, 3.05) is 20.3 Å². The maximum absolute atomic E-state index is 12.1. The Bertz CT molecular complexity index is 595. The van der Waals surface area contributed by atoms with Gasteiger partial charge in [0.05, 0.1) is 5.52 Å². The number of fused-ring (bicyclic) bond motifs is 1. The lowest BCUT2D eigenvalue weighted by Gasteiger charge is -2.15. The molecular formula is C15H19ClN2O2. The zero-order chi connectivity index (χ0) is 14.5. The zero-order valence-electron chi connectivity index (χ0n) is 11.7. The molecular weight excluding hydrogens is 276 g/mol. The normalized spacial score (nSPS) is 12.6. The topological polar surface area (TPSA) is 43.3 Å². The summed E-state index contributed by atoms with van der Waals surface area (Å²) in [6.45, 7) is 3.15. The molecule has 1 aromatic heterocycles. The van der Waals surface area contributed by atoms with Crippen molar-refractivity contribution in [3.05, 3.63) is 35.5 Å². The molecule has 0 aliphatic rings. The van der Waals surface area contributed by atoms with Crippen LogP contribution in [0.15, 0.2) is 30.5 Å². The molecule has 1 N–H and O–H groups in total. The first-order valence-electron chi connectivity index (χ1n) is 6.67. The summed E-state index contributed by atoms with van der Waals surface area (Å²) in [5.41, 5.74) is 0.969.